The standard InChI is InChI=1S/C26H33N7O/c1-6-33(14-13-31(2)3)24-16-25(34-5)22(15-20(24)27)30-26-28-12-11-21(29-26)19-17-32(4)23-10-8-7-9-18(19)23/h7-12,15-17H,6,13-14,27H2,1-5H3,(H,28,29,30). The summed E-state index contributed by atoms with van der Waals surface area (Å²) in [6.45, 7) is 4.79. The Balaban J connectivity index is 1.64. The smallest absolute Gasteiger partial charge is 0.227 e. The zero-order valence-electron chi connectivity index (χ0n) is 20.5. The Hall–Kier alpha value is -3.78. The number of ether oxygens (including phenoxy) is 1. The number of nitrogens with one attached hydrogen (secondary N) is 1. The zero-order valence-corrected chi connectivity index (χ0v) is 20.5. The van der Waals surface area contributed by atoms with Gasteiger partial charge in [-0.05, 0) is 39.2 Å². The van der Waals surface area contributed by atoms with Crippen LogP contribution in [-0.4, -0.2) is 60.3 Å². The first-order valence-corrected chi connectivity index (χ1v) is 11.4. The monoisotopic (exact) mass is 459 g/mol. The average Bonchev–Trinajstić information content (AvgIpc) is 3.17. The van der Waals surface area contributed by atoms with Gasteiger partial charge < -0.3 is 30.2 Å². The number of nitrogens with zero attached hydrogens (tertiary/aromatic N) is 5. The van der Waals surface area contributed by atoms with Crippen LogP contribution in [0, 0.1) is 0 Å². The Morgan fingerprint density at radius 1 is 1.12 bits per heavy atom. The van der Waals surface area contributed by atoms with Crippen LogP contribution in [0.3, 0.4) is 0 Å². The maximum atomic E-state index is 6.47. The lowest BCUT2D eigenvalue weighted by molar-refractivity contribution is 0.412. The molecule has 2 aromatic heterocycles. The number of anilines is 4. The SMILES string of the molecule is CCN(CCN(C)C)c1cc(OC)c(Nc2nccc(-c3cn(C)c4ccccc34)n2)cc1N. The molecule has 8 nitrogen and oxygen atoms in total. The van der Waals surface area contributed by atoms with Crippen molar-refractivity contribution in [3.05, 3.63) is 54.9 Å². The number of nitrogen functional groups attached to an aromatic ring is 1. The van der Waals surface area contributed by atoms with Crippen molar-refractivity contribution in [2.45, 2.75) is 6.92 Å². The van der Waals surface area contributed by atoms with E-state index in [9.17, 15) is 0 Å². The summed E-state index contributed by atoms with van der Waals surface area (Å²) in [5.74, 6) is 1.17. The van der Waals surface area contributed by atoms with E-state index in [-0.39, 0.29) is 0 Å². The fourth-order valence-electron chi connectivity index (χ4n) is 4.13. The summed E-state index contributed by atoms with van der Waals surface area (Å²) in [5.41, 5.74) is 11.9. The van der Waals surface area contributed by atoms with E-state index in [0.717, 1.165) is 53.2 Å². The number of rotatable bonds is 9. The lowest BCUT2D eigenvalue weighted by Crippen LogP contribution is -2.32. The third-order valence-corrected chi connectivity index (χ3v) is 5.96. The average molecular weight is 460 g/mol. The van der Waals surface area contributed by atoms with Crippen LogP contribution < -0.4 is 20.7 Å². The van der Waals surface area contributed by atoms with Gasteiger partial charge in [0.1, 0.15) is 5.75 Å². The lowest BCUT2D eigenvalue weighted by Gasteiger charge is -2.27. The van der Waals surface area contributed by atoms with Crippen molar-refractivity contribution < 1.29 is 4.74 Å². The minimum atomic E-state index is 0.482. The fourth-order valence-corrected chi connectivity index (χ4v) is 4.13. The van der Waals surface area contributed by atoms with Crippen molar-refractivity contribution in [2.75, 3.05) is 56.8 Å². The number of benzene rings is 2. The number of aromatic nitrogens is 3. The number of likely N-dealkylation sites (N-methyl/N-ethyl adjacent to an activating group) is 2. The van der Waals surface area contributed by atoms with Crippen LogP contribution in [0.2, 0.25) is 0 Å². The van der Waals surface area contributed by atoms with Gasteiger partial charge in [0.05, 0.1) is 29.9 Å². The van der Waals surface area contributed by atoms with Crippen LogP contribution >= 0.6 is 0 Å². The van der Waals surface area contributed by atoms with E-state index in [1.165, 1.54) is 0 Å². The predicted molar refractivity (Wildman–Crippen MR) is 141 cm³/mol. The minimum absolute atomic E-state index is 0.482. The van der Waals surface area contributed by atoms with Crippen LogP contribution in [0.1, 0.15) is 6.92 Å². The van der Waals surface area contributed by atoms with E-state index in [1.807, 2.05) is 37.4 Å². The number of aryl methyl sites for hydroxylation is 1. The number of para-hydroxylation sites is 1. The first-order valence-electron chi connectivity index (χ1n) is 11.4. The molecule has 0 bridgehead atoms. The van der Waals surface area contributed by atoms with Crippen LogP contribution in [-0.2, 0) is 7.05 Å². The van der Waals surface area contributed by atoms with Gasteiger partial charge in [0, 0.05) is 61.6 Å². The van der Waals surface area contributed by atoms with Gasteiger partial charge in [-0.15, -0.1) is 0 Å². The molecule has 0 saturated carbocycles. The van der Waals surface area contributed by atoms with Gasteiger partial charge in [-0.2, -0.15) is 0 Å². The number of nitrogens with two attached hydrogens (primary N) is 1. The molecule has 0 unspecified atom stereocenters. The van der Waals surface area contributed by atoms with Gasteiger partial charge >= 0.3 is 0 Å². The largest absolute Gasteiger partial charge is 0.494 e. The highest BCUT2D eigenvalue weighted by molar-refractivity contribution is 5.95. The van der Waals surface area contributed by atoms with Crippen LogP contribution in [0.15, 0.2) is 54.9 Å². The molecule has 178 valence electrons. The minimum Gasteiger partial charge on any atom is -0.494 e. The van der Waals surface area contributed by atoms with Gasteiger partial charge in [-0.1, -0.05) is 18.2 Å². The number of fused-ring (bicyclic) bond motifs is 1. The van der Waals surface area contributed by atoms with Crippen molar-refractivity contribution in [2.24, 2.45) is 7.05 Å². The maximum absolute atomic E-state index is 6.47. The number of hydrogen-bond donors (Lipinski definition) is 2. The molecule has 0 aliphatic rings. The van der Waals surface area contributed by atoms with Crippen molar-refractivity contribution >= 4 is 33.9 Å². The predicted octanol–water partition coefficient (Wildman–Crippen LogP) is 4.36. The maximum Gasteiger partial charge on any atom is 0.227 e. The first kappa shape index (κ1) is 23.4. The Bertz CT molecular complexity index is 1280. The summed E-state index contributed by atoms with van der Waals surface area (Å²) in [5, 5.41) is 4.45. The molecular formula is C26H33N7O. The highest BCUT2D eigenvalue weighted by atomic mass is 16.5. The summed E-state index contributed by atoms with van der Waals surface area (Å²) in [7, 11) is 7.83. The van der Waals surface area contributed by atoms with Crippen molar-refractivity contribution in [1.82, 2.24) is 19.4 Å². The van der Waals surface area contributed by atoms with E-state index in [1.54, 1.807) is 13.3 Å². The van der Waals surface area contributed by atoms with Gasteiger partial charge in [0.25, 0.3) is 0 Å². The molecule has 34 heavy (non-hydrogen) atoms. The molecule has 0 spiro atoms. The van der Waals surface area contributed by atoms with Crippen LogP contribution in [0.25, 0.3) is 22.2 Å². The van der Waals surface area contributed by atoms with E-state index in [0.29, 0.717) is 17.4 Å². The third-order valence-electron chi connectivity index (χ3n) is 5.96. The van der Waals surface area contributed by atoms with E-state index in [2.05, 4.69) is 64.0 Å². The number of methoxy groups -OCH3 is 1. The van der Waals surface area contributed by atoms with Crippen LogP contribution in [0.5, 0.6) is 5.75 Å². The molecule has 0 saturated heterocycles. The molecule has 0 aliphatic heterocycles. The molecule has 0 aliphatic carbocycles. The van der Waals surface area contributed by atoms with Gasteiger partial charge in [-0.3, -0.25) is 0 Å². The molecule has 0 atom stereocenters. The van der Waals surface area contributed by atoms with Gasteiger partial charge in [-0.25, -0.2) is 9.97 Å². The third kappa shape index (κ3) is 4.77. The molecule has 3 N–H and O–H groups in total. The molecule has 4 rings (SSSR count). The van der Waals surface area contributed by atoms with E-state index >= 15 is 0 Å². The number of hydrogen-bond acceptors (Lipinski definition) is 7. The second kappa shape index (κ2) is 10.0. The van der Waals surface area contributed by atoms with Gasteiger partial charge in [0.15, 0.2) is 0 Å². The summed E-state index contributed by atoms with van der Waals surface area (Å²) in [6.07, 6.45) is 3.86. The lowest BCUT2D eigenvalue weighted by atomic mass is 10.1. The Labute approximate surface area is 201 Å². The zero-order chi connectivity index (χ0) is 24.2. The van der Waals surface area contributed by atoms with Gasteiger partial charge in [0.2, 0.25) is 5.95 Å². The van der Waals surface area contributed by atoms with Crippen LogP contribution in [0.4, 0.5) is 23.0 Å². The second-order valence-electron chi connectivity index (χ2n) is 8.56. The van der Waals surface area contributed by atoms with E-state index < -0.39 is 0 Å². The normalized spacial score (nSPS) is 11.2. The molecule has 2 aromatic carbocycles. The summed E-state index contributed by atoms with van der Waals surface area (Å²) >= 11 is 0. The van der Waals surface area contributed by atoms with Crippen molar-refractivity contribution in [1.29, 1.82) is 0 Å². The highest BCUT2D eigenvalue weighted by Gasteiger charge is 2.16. The Kier molecular flexibility index (Phi) is 6.88. The topological polar surface area (TPSA) is 84.5 Å². The summed E-state index contributed by atoms with van der Waals surface area (Å²) in [6, 6.07) is 14.1. The Morgan fingerprint density at radius 3 is 2.65 bits per heavy atom. The Morgan fingerprint density at radius 2 is 1.91 bits per heavy atom. The van der Waals surface area contributed by atoms with Crippen molar-refractivity contribution in [3.8, 4) is 17.0 Å². The first-order chi connectivity index (χ1) is 16.4. The fraction of sp³-hybridized carbons (Fsp3) is 0.308. The molecule has 2 heterocycles. The molecule has 0 amide bonds. The van der Waals surface area contributed by atoms with E-state index in [4.69, 9.17) is 15.5 Å². The molecular weight excluding hydrogens is 426 g/mol. The molecule has 4 aromatic rings. The molecule has 0 radical (unpaired) electrons. The summed E-state index contributed by atoms with van der Waals surface area (Å²) < 4.78 is 7.80. The quantitative estimate of drug-likeness (QED) is 0.360. The molecule has 8 heteroatoms. The summed E-state index contributed by atoms with van der Waals surface area (Å²) in [4.78, 5) is 13.6. The highest BCUT2D eigenvalue weighted by Crippen LogP contribution is 2.37. The molecule has 0 fully saturated rings. The van der Waals surface area contributed by atoms with Crippen molar-refractivity contribution in [3.63, 3.8) is 0 Å². The second-order valence-corrected chi connectivity index (χ2v) is 8.56.